The topological polar surface area (TPSA) is 30.2 Å². The van der Waals surface area contributed by atoms with Crippen molar-refractivity contribution in [2.75, 3.05) is 0 Å². The van der Waals surface area contributed by atoms with Crippen LogP contribution < -0.4 is 5.43 Å². The minimum Gasteiger partial charge on any atom is -0.460 e. The fourth-order valence-corrected chi connectivity index (χ4v) is 4.33. The highest BCUT2D eigenvalue weighted by atomic mass is 16.3. The molecule has 27 heavy (non-hydrogen) atoms. The van der Waals surface area contributed by atoms with Gasteiger partial charge in [-0.05, 0) is 125 Å². The van der Waals surface area contributed by atoms with Crippen LogP contribution in [0.15, 0.2) is 9.21 Å². The van der Waals surface area contributed by atoms with Gasteiger partial charge in [-0.1, -0.05) is 0 Å². The van der Waals surface area contributed by atoms with E-state index in [-0.39, 0.29) is 5.43 Å². The Kier molecular flexibility index (Phi) is 4.58. The van der Waals surface area contributed by atoms with Gasteiger partial charge >= 0.3 is 0 Å². The molecule has 0 saturated carbocycles. The van der Waals surface area contributed by atoms with E-state index >= 15 is 0 Å². The second kappa shape index (κ2) is 6.37. The van der Waals surface area contributed by atoms with Gasteiger partial charge in [0.1, 0.15) is 11.3 Å². The minimum absolute atomic E-state index is 0.0892. The highest BCUT2D eigenvalue weighted by molar-refractivity contribution is 5.90. The normalized spacial score (nSPS) is 11.5. The molecule has 0 aliphatic rings. The second-order valence-electron chi connectivity index (χ2n) is 8.07. The maximum Gasteiger partial charge on any atom is 0.201 e. The third kappa shape index (κ3) is 2.57. The Labute approximate surface area is 162 Å². The molecule has 2 aromatic carbocycles. The molecule has 0 N–H and O–H groups in total. The molecule has 2 heteroatoms. The van der Waals surface area contributed by atoms with Crippen LogP contribution in [-0.2, 0) is 0 Å². The molecule has 0 bridgehead atoms. The average Bonchev–Trinajstić information content (AvgIpc) is 2.63. The van der Waals surface area contributed by atoms with Crippen LogP contribution in [0.2, 0.25) is 0 Å². The van der Waals surface area contributed by atoms with Crippen molar-refractivity contribution in [3.05, 3.63) is 66.1 Å². The van der Waals surface area contributed by atoms with E-state index in [2.05, 4.69) is 48.5 Å². The number of hydrogen-bond acceptors (Lipinski definition) is 2. The molecular weight excluding hydrogens is 332 g/mol. The lowest BCUT2D eigenvalue weighted by atomic mass is 9.85. The van der Waals surface area contributed by atoms with Crippen molar-refractivity contribution in [2.24, 2.45) is 0 Å². The predicted octanol–water partition coefficient (Wildman–Crippen LogP) is 6.54. The van der Waals surface area contributed by atoms with E-state index in [9.17, 15) is 4.79 Å². The third-order valence-electron chi connectivity index (χ3n) is 6.94. The van der Waals surface area contributed by atoms with E-state index in [4.69, 9.17) is 4.42 Å². The Morgan fingerprint density at radius 2 is 0.889 bits per heavy atom. The maximum absolute atomic E-state index is 13.7. The lowest BCUT2D eigenvalue weighted by Crippen LogP contribution is -2.13. The van der Waals surface area contributed by atoms with Gasteiger partial charge in [0.15, 0.2) is 0 Å². The van der Waals surface area contributed by atoms with Gasteiger partial charge in [-0.15, -0.1) is 0 Å². The summed E-state index contributed by atoms with van der Waals surface area (Å²) in [6.45, 7) is 20.9. The van der Waals surface area contributed by atoms with Gasteiger partial charge in [-0.25, -0.2) is 0 Å². The van der Waals surface area contributed by atoms with E-state index in [1.807, 2.05) is 20.8 Å². The summed E-state index contributed by atoms with van der Waals surface area (Å²) in [7, 11) is 0. The van der Waals surface area contributed by atoms with Crippen LogP contribution >= 0.6 is 0 Å². The van der Waals surface area contributed by atoms with Crippen molar-refractivity contribution in [3.63, 3.8) is 0 Å². The zero-order valence-electron chi connectivity index (χ0n) is 18.3. The Balaban J connectivity index is 2.59. The Bertz CT molecular complexity index is 1150. The highest BCUT2D eigenvalue weighted by Gasteiger charge is 2.23. The van der Waals surface area contributed by atoms with Gasteiger partial charge in [0.25, 0.3) is 0 Å². The monoisotopic (exact) mass is 362 g/mol. The first-order chi connectivity index (χ1) is 12.5. The molecule has 2 nitrogen and oxygen atoms in total. The molecule has 0 saturated heterocycles. The maximum atomic E-state index is 13.7. The van der Waals surface area contributed by atoms with Crippen LogP contribution in [0.4, 0.5) is 0 Å². The molecule has 0 fully saturated rings. The van der Waals surface area contributed by atoms with Gasteiger partial charge in [0, 0.05) is 0 Å². The number of rotatable bonds is 1. The van der Waals surface area contributed by atoms with E-state index in [1.165, 1.54) is 38.9 Å². The smallest absolute Gasteiger partial charge is 0.201 e. The van der Waals surface area contributed by atoms with E-state index in [0.29, 0.717) is 5.76 Å². The van der Waals surface area contributed by atoms with Gasteiger partial charge < -0.3 is 4.42 Å². The van der Waals surface area contributed by atoms with Crippen molar-refractivity contribution in [1.82, 2.24) is 0 Å². The number of fused-ring (bicyclic) bond motifs is 1. The van der Waals surface area contributed by atoms with Crippen molar-refractivity contribution >= 4 is 11.0 Å². The molecule has 0 unspecified atom stereocenters. The van der Waals surface area contributed by atoms with Crippen LogP contribution in [0.1, 0.15) is 55.8 Å². The van der Waals surface area contributed by atoms with Gasteiger partial charge in [0.2, 0.25) is 5.43 Å². The standard InChI is InChI=1S/C25H30O2/c1-11-12(2)16(6)21(17(7)13(11)3)23-20(10)27-25-19(9)15(5)14(4)18(8)22(25)24(23)26/h1-10H3. The molecule has 0 radical (unpaired) electrons. The Morgan fingerprint density at radius 3 is 1.41 bits per heavy atom. The number of aryl methyl sites for hydroxylation is 3. The Morgan fingerprint density at radius 1 is 0.481 bits per heavy atom. The predicted molar refractivity (Wildman–Crippen MR) is 115 cm³/mol. The lowest BCUT2D eigenvalue weighted by Gasteiger charge is -2.21. The van der Waals surface area contributed by atoms with Crippen LogP contribution in [0.5, 0.6) is 0 Å². The summed E-state index contributed by atoms with van der Waals surface area (Å²) >= 11 is 0. The summed E-state index contributed by atoms with van der Waals surface area (Å²) in [5, 5.41) is 0.728. The van der Waals surface area contributed by atoms with Crippen LogP contribution in [-0.4, -0.2) is 0 Å². The van der Waals surface area contributed by atoms with Crippen molar-refractivity contribution in [1.29, 1.82) is 0 Å². The third-order valence-corrected chi connectivity index (χ3v) is 6.94. The first kappa shape index (κ1) is 19.4. The zero-order valence-corrected chi connectivity index (χ0v) is 18.3. The largest absolute Gasteiger partial charge is 0.460 e. The summed E-state index contributed by atoms with van der Waals surface area (Å²) in [5.74, 6) is 0.701. The molecule has 1 heterocycles. The Hall–Kier alpha value is -2.35. The van der Waals surface area contributed by atoms with E-state index < -0.39 is 0 Å². The molecule has 1 aromatic heterocycles. The van der Waals surface area contributed by atoms with E-state index in [1.54, 1.807) is 0 Å². The lowest BCUT2D eigenvalue weighted by molar-refractivity contribution is 0.564. The summed E-state index contributed by atoms with van der Waals surface area (Å²) in [5.41, 5.74) is 13.2. The first-order valence-electron chi connectivity index (χ1n) is 9.61. The molecule has 3 aromatic rings. The summed E-state index contributed by atoms with van der Waals surface area (Å²) in [6, 6.07) is 0. The second-order valence-corrected chi connectivity index (χ2v) is 8.07. The summed E-state index contributed by atoms with van der Waals surface area (Å²) in [4.78, 5) is 13.7. The van der Waals surface area contributed by atoms with Crippen molar-refractivity contribution in [2.45, 2.75) is 69.2 Å². The van der Waals surface area contributed by atoms with E-state index in [0.717, 1.165) is 33.2 Å². The molecule has 0 amide bonds. The van der Waals surface area contributed by atoms with Gasteiger partial charge in [0.05, 0.1) is 10.9 Å². The summed E-state index contributed by atoms with van der Waals surface area (Å²) in [6.07, 6.45) is 0. The molecule has 0 aliphatic heterocycles. The quantitative estimate of drug-likeness (QED) is 0.492. The highest BCUT2D eigenvalue weighted by Crippen LogP contribution is 2.36. The number of hydrogen-bond donors (Lipinski definition) is 0. The van der Waals surface area contributed by atoms with Crippen molar-refractivity contribution < 1.29 is 4.42 Å². The van der Waals surface area contributed by atoms with Gasteiger partial charge in [-0.3, -0.25) is 4.79 Å². The first-order valence-corrected chi connectivity index (χ1v) is 9.61. The van der Waals surface area contributed by atoms with Crippen LogP contribution in [0.25, 0.3) is 22.1 Å². The molecule has 142 valence electrons. The van der Waals surface area contributed by atoms with Crippen LogP contribution in [0.3, 0.4) is 0 Å². The minimum atomic E-state index is 0.0892. The van der Waals surface area contributed by atoms with Gasteiger partial charge in [-0.2, -0.15) is 0 Å². The number of benzene rings is 2. The van der Waals surface area contributed by atoms with Crippen LogP contribution in [0, 0.1) is 69.2 Å². The average molecular weight is 363 g/mol. The molecule has 0 spiro atoms. The molecular formula is C25H30O2. The fourth-order valence-electron chi connectivity index (χ4n) is 4.33. The zero-order chi connectivity index (χ0) is 20.4. The molecule has 0 atom stereocenters. The SMILES string of the molecule is Cc1oc2c(C)c(C)c(C)c(C)c2c(=O)c1-c1c(C)c(C)c(C)c(C)c1C. The molecule has 3 rings (SSSR count). The fraction of sp³-hybridized carbons (Fsp3) is 0.400. The van der Waals surface area contributed by atoms with Crippen molar-refractivity contribution in [3.8, 4) is 11.1 Å². The summed E-state index contributed by atoms with van der Waals surface area (Å²) < 4.78 is 6.30. The molecule has 0 aliphatic carbocycles.